The number of sulfone groups is 1. The number of carbonyl (C=O) groups is 1. The molecule has 2 aliphatic heterocycles. The number of amides is 1. The molecule has 1 amide bonds. The predicted octanol–water partition coefficient (Wildman–Crippen LogP) is 2.14. The van der Waals surface area contributed by atoms with Crippen LogP contribution in [0.15, 0.2) is 41.4 Å². The summed E-state index contributed by atoms with van der Waals surface area (Å²) in [5, 5.41) is 8.96. The van der Waals surface area contributed by atoms with E-state index in [1.807, 2.05) is 6.07 Å². The minimum atomic E-state index is -3.89. The van der Waals surface area contributed by atoms with Crippen molar-refractivity contribution in [2.45, 2.75) is 36.2 Å². The molecule has 168 valence electrons. The van der Waals surface area contributed by atoms with Crippen LogP contribution in [0.2, 0.25) is 0 Å². The zero-order valence-corrected chi connectivity index (χ0v) is 18.4. The van der Waals surface area contributed by atoms with E-state index in [9.17, 15) is 17.6 Å². The summed E-state index contributed by atoms with van der Waals surface area (Å²) in [6, 6.07) is 9.51. The Morgan fingerprint density at radius 1 is 1.25 bits per heavy atom. The largest absolute Gasteiger partial charge is 0.492 e. The molecule has 0 radical (unpaired) electrons. The van der Waals surface area contributed by atoms with Gasteiger partial charge in [0, 0.05) is 37.8 Å². The molecule has 4 rings (SSSR count). The number of methoxy groups -OCH3 is 1. The molecule has 32 heavy (non-hydrogen) atoms. The van der Waals surface area contributed by atoms with Crippen LogP contribution in [-0.2, 0) is 14.6 Å². The maximum Gasteiger partial charge on any atom is 0.223 e. The second-order valence-corrected chi connectivity index (χ2v) is 10.0. The SMILES string of the molecule is COc1c(F)cccc1S(=O)(=O)CCC(=O)N1CC2CCC(C1)N2c1ccc(C#N)cn1. The van der Waals surface area contributed by atoms with Gasteiger partial charge in [-0.2, -0.15) is 5.26 Å². The van der Waals surface area contributed by atoms with Gasteiger partial charge in [0.25, 0.3) is 0 Å². The van der Waals surface area contributed by atoms with Crippen molar-refractivity contribution in [2.75, 3.05) is 30.9 Å². The van der Waals surface area contributed by atoms with Crippen LogP contribution in [0, 0.1) is 17.1 Å². The number of benzene rings is 1. The summed E-state index contributed by atoms with van der Waals surface area (Å²) in [6.07, 6.45) is 3.18. The molecule has 2 bridgehead atoms. The quantitative estimate of drug-likeness (QED) is 0.653. The van der Waals surface area contributed by atoms with Crippen molar-refractivity contribution in [2.24, 2.45) is 0 Å². The molecule has 3 heterocycles. The average molecular weight is 459 g/mol. The molecule has 10 heteroatoms. The van der Waals surface area contributed by atoms with E-state index >= 15 is 0 Å². The van der Waals surface area contributed by atoms with Gasteiger partial charge in [-0.3, -0.25) is 4.79 Å². The molecule has 2 atom stereocenters. The smallest absolute Gasteiger partial charge is 0.223 e. The second-order valence-electron chi connectivity index (χ2n) is 7.95. The third-order valence-corrected chi connectivity index (χ3v) is 7.76. The van der Waals surface area contributed by atoms with E-state index in [1.54, 1.807) is 11.0 Å². The number of piperazine rings is 1. The number of likely N-dealkylation sites (tertiary alicyclic amines) is 1. The molecule has 0 aliphatic carbocycles. The highest BCUT2D eigenvalue weighted by Gasteiger charge is 2.42. The van der Waals surface area contributed by atoms with Crippen molar-refractivity contribution in [1.82, 2.24) is 9.88 Å². The summed E-state index contributed by atoms with van der Waals surface area (Å²) in [7, 11) is -2.68. The van der Waals surface area contributed by atoms with Crippen LogP contribution in [0.3, 0.4) is 0 Å². The van der Waals surface area contributed by atoms with Crippen molar-refractivity contribution in [3.63, 3.8) is 0 Å². The molecule has 0 N–H and O–H groups in total. The highest BCUT2D eigenvalue weighted by atomic mass is 32.2. The molecule has 2 aliphatic rings. The molecular weight excluding hydrogens is 435 g/mol. The van der Waals surface area contributed by atoms with E-state index in [0.29, 0.717) is 18.7 Å². The van der Waals surface area contributed by atoms with Gasteiger partial charge in [-0.1, -0.05) is 6.07 Å². The number of anilines is 1. The van der Waals surface area contributed by atoms with Crippen molar-refractivity contribution < 1.29 is 22.3 Å². The first-order valence-corrected chi connectivity index (χ1v) is 12.0. The molecule has 8 nitrogen and oxygen atoms in total. The Morgan fingerprint density at radius 3 is 2.56 bits per heavy atom. The van der Waals surface area contributed by atoms with Crippen molar-refractivity contribution in [3.8, 4) is 11.8 Å². The van der Waals surface area contributed by atoms with Gasteiger partial charge in [-0.15, -0.1) is 0 Å². The Bertz CT molecular complexity index is 1150. The summed E-state index contributed by atoms with van der Waals surface area (Å²) in [5.41, 5.74) is 0.492. The third kappa shape index (κ3) is 4.12. The van der Waals surface area contributed by atoms with E-state index in [0.717, 1.165) is 24.7 Å². The number of aromatic nitrogens is 1. The van der Waals surface area contributed by atoms with E-state index < -0.39 is 21.4 Å². The van der Waals surface area contributed by atoms with Crippen molar-refractivity contribution >= 4 is 21.6 Å². The number of hydrogen-bond acceptors (Lipinski definition) is 7. The first kappa shape index (κ1) is 22.0. The number of nitrogens with zero attached hydrogens (tertiary/aromatic N) is 4. The number of rotatable bonds is 6. The van der Waals surface area contributed by atoms with Crippen LogP contribution >= 0.6 is 0 Å². The number of halogens is 1. The van der Waals surface area contributed by atoms with Gasteiger partial charge < -0.3 is 14.5 Å². The minimum Gasteiger partial charge on any atom is -0.492 e. The zero-order valence-electron chi connectivity index (χ0n) is 17.6. The highest BCUT2D eigenvalue weighted by molar-refractivity contribution is 7.91. The fourth-order valence-electron chi connectivity index (χ4n) is 4.51. The van der Waals surface area contributed by atoms with Gasteiger partial charge in [-0.05, 0) is 37.1 Å². The molecule has 1 aromatic carbocycles. The Labute approximate surface area is 186 Å². The summed E-state index contributed by atoms with van der Waals surface area (Å²) < 4.78 is 44.3. The number of fused-ring (bicyclic) bond motifs is 2. The lowest BCUT2D eigenvalue weighted by atomic mass is 10.1. The Balaban J connectivity index is 1.42. The van der Waals surface area contributed by atoms with Gasteiger partial charge in [0.05, 0.1) is 18.4 Å². The molecular formula is C22H23FN4O4S. The fourth-order valence-corrected chi connectivity index (χ4v) is 5.92. The van der Waals surface area contributed by atoms with Crippen LogP contribution in [0.4, 0.5) is 10.2 Å². The van der Waals surface area contributed by atoms with Gasteiger partial charge in [0.2, 0.25) is 5.91 Å². The fraction of sp³-hybridized carbons (Fsp3) is 0.409. The standard InChI is InChI=1S/C22H23FN4O4S/c1-31-22-18(23)3-2-4-19(22)32(29,30)10-9-21(28)26-13-16-6-7-17(14-26)27(16)20-8-5-15(11-24)12-25-20/h2-5,8,12,16-17H,6-7,9-10,13-14H2,1H3. The number of hydrogen-bond donors (Lipinski definition) is 0. The first-order valence-electron chi connectivity index (χ1n) is 10.3. The van der Waals surface area contributed by atoms with E-state index in [1.165, 1.54) is 25.4 Å². The minimum absolute atomic E-state index is 0.0954. The van der Waals surface area contributed by atoms with Gasteiger partial charge >= 0.3 is 0 Å². The van der Waals surface area contributed by atoms with E-state index in [-0.39, 0.29) is 35.1 Å². The van der Waals surface area contributed by atoms with E-state index in [2.05, 4.69) is 16.0 Å². The molecule has 2 unspecified atom stereocenters. The maximum atomic E-state index is 13.9. The third-order valence-electron chi connectivity index (χ3n) is 6.03. The monoisotopic (exact) mass is 458 g/mol. The second kappa shape index (κ2) is 8.74. The summed E-state index contributed by atoms with van der Waals surface area (Å²) in [4.78, 5) is 20.9. The Kier molecular flexibility index (Phi) is 6.02. The Hall–Kier alpha value is -3.19. The molecule has 0 spiro atoms. The van der Waals surface area contributed by atoms with Crippen molar-refractivity contribution in [3.05, 3.63) is 47.9 Å². The number of pyridine rings is 1. The van der Waals surface area contributed by atoms with Crippen LogP contribution in [0.1, 0.15) is 24.8 Å². The molecule has 2 fully saturated rings. The Morgan fingerprint density at radius 2 is 1.97 bits per heavy atom. The topological polar surface area (TPSA) is 104 Å². The number of ether oxygens (including phenoxy) is 1. The van der Waals surface area contributed by atoms with Crippen molar-refractivity contribution in [1.29, 1.82) is 5.26 Å². The summed E-state index contributed by atoms with van der Waals surface area (Å²) >= 11 is 0. The van der Waals surface area contributed by atoms with Crippen LogP contribution in [-0.4, -0.2) is 62.2 Å². The lowest BCUT2D eigenvalue weighted by Gasteiger charge is -2.41. The number of nitriles is 1. The average Bonchev–Trinajstić information content (AvgIpc) is 3.06. The maximum absolute atomic E-state index is 13.9. The number of para-hydroxylation sites is 1. The van der Waals surface area contributed by atoms with E-state index in [4.69, 9.17) is 10.00 Å². The summed E-state index contributed by atoms with van der Waals surface area (Å²) in [6.45, 7) is 0.973. The number of carbonyl (C=O) groups excluding carboxylic acids is 1. The lowest BCUT2D eigenvalue weighted by molar-refractivity contribution is -0.131. The lowest BCUT2D eigenvalue weighted by Crippen LogP contribution is -2.55. The van der Waals surface area contributed by atoms with Gasteiger partial charge in [0.1, 0.15) is 16.8 Å². The molecule has 0 saturated carbocycles. The van der Waals surface area contributed by atoms with Gasteiger partial charge in [0.15, 0.2) is 21.4 Å². The summed E-state index contributed by atoms with van der Waals surface area (Å²) in [5.74, 6) is -0.971. The molecule has 2 saturated heterocycles. The molecule has 1 aromatic heterocycles. The van der Waals surface area contributed by atoms with Crippen LogP contribution in [0.5, 0.6) is 5.75 Å². The van der Waals surface area contributed by atoms with Crippen LogP contribution < -0.4 is 9.64 Å². The first-order chi connectivity index (χ1) is 15.3. The normalized spacial score (nSPS) is 20.2. The van der Waals surface area contributed by atoms with Gasteiger partial charge in [-0.25, -0.2) is 17.8 Å². The highest BCUT2D eigenvalue weighted by Crippen LogP contribution is 2.34. The molecule has 2 aromatic rings. The predicted molar refractivity (Wildman–Crippen MR) is 114 cm³/mol. The van der Waals surface area contributed by atoms with Crippen LogP contribution in [0.25, 0.3) is 0 Å². The zero-order chi connectivity index (χ0) is 22.9.